The molecule has 0 saturated carbocycles. The van der Waals surface area contributed by atoms with Gasteiger partial charge in [-0.3, -0.25) is 4.79 Å². The van der Waals surface area contributed by atoms with E-state index in [1.54, 1.807) is 0 Å². The molecular formula is C16H14F2N6O3S. The maximum Gasteiger partial charge on any atom is 0.287 e. The molecular weight excluding hydrogens is 394 g/mol. The Bertz CT molecular complexity index is 1130. The fourth-order valence-electron chi connectivity index (χ4n) is 2.30. The topological polar surface area (TPSA) is 132 Å². The normalized spacial score (nSPS) is 11.4. The molecule has 0 amide bonds. The number of rotatable bonds is 5. The minimum absolute atomic E-state index is 0.0451. The summed E-state index contributed by atoms with van der Waals surface area (Å²) in [5.41, 5.74) is 5.22. The van der Waals surface area contributed by atoms with E-state index in [4.69, 9.17) is 5.73 Å². The third-order valence-corrected chi connectivity index (χ3v) is 5.12. The molecule has 12 heteroatoms. The Balaban J connectivity index is 1.86. The van der Waals surface area contributed by atoms with E-state index in [9.17, 15) is 22.0 Å². The molecule has 0 aliphatic rings. The Morgan fingerprint density at radius 3 is 2.29 bits per heavy atom. The van der Waals surface area contributed by atoms with E-state index in [0.29, 0.717) is 10.4 Å². The summed E-state index contributed by atoms with van der Waals surface area (Å²) in [7, 11) is -2.30. The van der Waals surface area contributed by atoms with Gasteiger partial charge in [-0.25, -0.2) is 21.9 Å². The summed E-state index contributed by atoms with van der Waals surface area (Å²) in [4.78, 5) is 16.2. The number of hydrogen-bond donors (Lipinski definition) is 3. The Morgan fingerprint density at radius 1 is 1.11 bits per heavy atom. The number of nitrogens with two attached hydrogens (primary N) is 1. The number of sulfonamides is 1. The van der Waals surface area contributed by atoms with Crippen molar-refractivity contribution in [2.45, 2.75) is 4.90 Å². The smallest absolute Gasteiger partial charge is 0.287 e. The number of halogens is 2. The average molecular weight is 408 g/mol. The number of aromatic nitrogens is 3. The van der Waals surface area contributed by atoms with Crippen LogP contribution in [0.2, 0.25) is 0 Å². The minimum atomic E-state index is -3.59. The molecule has 0 bridgehead atoms. The molecule has 0 radical (unpaired) electrons. The lowest BCUT2D eigenvalue weighted by Crippen LogP contribution is -2.19. The highest BCUT2D eigenvalue weighted by Crippen LogP contribution is 2.19. The van der Waals surface area contributed by atoms with E-state index in [2.05, 4.69) is 20.1 Å². The van der Waals surface area contributed by atoms with Crippen molar-refractivity contribution in [2.24, 2.45) is 0 Å². The minimum Gasteiger partial charge on any atom is -0.368 e. The fourth-order valence-corrected chi connectivity index (χ4v) is 3.03. The van der Waals surface area contributed by atoms with E-state index in [0.717, 1.165) is 18.2 Å². The number of nitrogens with one attached hydrogen (secondary N) is 2. The standard InChI is InChI=1S/C16H14F2N6O3S/c1-20-28(26,27)10-7-5-9(6-8-10)21-16-22-15(19)24(23-16)14(25)13-11(17)3-2-4-12(13)18/h2-8,20H,1H3,(H3,19,21,22,23). The SMILES string of the molecule is CNS(=O)(=O)c1ccc(Nc2nc(N)n(C(=O)c3c(F)cccc3F)n2)cc1. The molecule has 0 aliphatic carbocycles. The van der Waals surface area contributed by atoms with Crippen LogP contribution in [0.3, 0.4) is 0 Å². The predicted molar refractivity (Wildman–Crippen MR) is 96.5 cm³/mol. The van der Waals surface area contributed by atoms with Crippen LogP contribution in [0.4, 0.5) is 26.4 Å². The highest BCUT2D eigenvalue weighted by Gasteiger charge is 2.23. The summed E-state index contributed by atoms with van der Waals surface area (Å²) < 4.78 is 53.8. The van der Waals surface area contributed by atoms with Crippen molar-refractivity contribution in [1.82, 2.24) is 19.5 Å². The van der Waals surface area contributed by atoms with Gasteiger partial charge < -0.3 is 11.1 Å². The lowest BCUT2D eigenvalue weighted by Gasteiger charge is -2.05. The Kier molecular flexibility index (Phi) is 5.07. The monoisotopic (exact) mass is 408 g/mol. The molecule has 0 saturated heterocycles. The van der Waals surface area contributed by atoms with Gasteiger partial charge in [0.15, 0.2) is 0 Å². The van der Waals surface area contributed by atoms with Crippen LogP contribution < -0.4 is 15.8 Å². The number of benzene rings is 2. The molecule has 4 N–H and O–H groups in total. The number of hydrogen-bond acceptors (Lipinski definition) is 7. The lowest BCUT2D eigenvalue weighted by atomic mass is 10.2. The van der Waals surface area contributed by atoms with Gasteiger partial charge in [-0.2, -0.15) is 9.67 Å². The summed E-state index contributed by atoms with van der Waals surface area (Å²) >= 11 is 0. The molecule has 0 aliphatic heterocycles. The van der Waals surface area contributed by atoms with Crippen molar-refractivity contribution >= 4 is 33.5 Å². The summed E-state index contributed by atoms with van der Waals surface area (Å²) in [6.45, 7) is 0. The lowest BCUT2D eigenvalue weighted by molar-refractivity contribution is 0.0939. The maximum atomic E-state index is 13.8. The second-order valence-electron chi connectivity index (χ2n) is 5.46. The Hall–Kier alpha value is -3.38. The average Bonchev–Trinajstić information content (AvgIpc) is 3.02. The van der Waals surface area contributed by atoms with Gasteiger partial charge in [0.1, 0.15) is 17.2 Å². The first kappa shape index (κ1) is 19.4. The van der Waals surface area contributed by atoms with Crippen LogP contribution in [0.5, 0.6) is 0 Å². The van der Waals surface area contributed by atoms with E-state index < -0.39 is 33.1 Å². The van der Waals surface area contributed by atoms with Crippen LogP contribution in [0.25, 0.3) is 0 Å². The zero-order chi connectivity index (χ0) is 20.5. The molecule has 1 heterocycles. The molecule has 0 atom stereocenters. The summed E-state index contributed by atoms with van der Waals surface area (Å²) in [5, 5.41) is 6.53. The van der Waals surface area contributed by atoms with Crippen molar-refractivity contribution in [3.63, 3.8) is 0 Å². The molecule has 0 unspecified atom stereocenters. The van der Waals surface area contributed by atoms with Crippen molar-refractivity contribution in [3.8, 4) is 0 Å². The fraction of sp³-hybridized carbons (Fsp3) is 0.0625. The third kappa shape index (κ3) is 3.68. The van der Waals surface area contributed by atoms with Crippen molar-refractivity contribution < 1.29 is 22.0 Å². The van der Waals surface area contributed by atoms with Gasteiger partial charge in [0.25, 0.3) is 5.91 Å². The largest absolute Gasteiger partial charge is 0.368 e. The summed E-state index contributed by atoms with van der Waals surface area (Å²) in [6, 6.07) is 8.56. The van der Waals surface area contributed by atoms with Gasteiger partial charge in [-0.05, 0) is 43.4 Å². The Morgan fingerprint density at radius 2 is 1.71 bits per heavy atom. The zero-order valence-electron chi connectivity index (χ0n) is 14.3. The van der Waals surface area contributed by atoms with Gasteiger partial charge in [-0.15, -0.1) is 5.10 Å². The predicted octanol–water partition coefficient (Wildman–Crippen LogP) is 1.48. The van der Waals surface area contributed by atoms with Crippen LogP contribution in [0.15, 0.2) is 47.4 Å². The number of anilines is 3. The van der Waals surface area contributed by atoms with Gasteiger partial charge in [0.05, 0.1) is 4.90 Å². The van der Waals surface area contributed by atoms with Crippen molar-refractivity contribution in [1.29, 1.82) is 0 Å². The van der Waals surface area contributed by atoms with E-state index in [1.165, 1.54) is 31.3 Å². The highest BCUT2D eigenvalue weighted by atomic mass is 32.2. The Labute approximate surface area is 158 Å². The molecule has 0 fully saturated rings. The van der Waals surface area contributed by atoms with E-state index >= 15 is 0 Å². The molecule has 9 nitrogen and oxygen atoms in total. The second kappa shape index (κ2) is 7.32. The van der Waals surface area contributed by atoms with Crippen LogP contribution in [0, 0.1) is 11.6 Å². The van der Waals surface area contributed by atoms with E-state index in [1.807, 2.05) is 0 Å². The second-order valence-corrected chi connectivity index (χ2v) is 7.35. The number of carbonyl (C=O) groups is 1. The van der Waals surface area contributed by atoms with Crippen LogP contribution >= 0.6 is 0 Å². The number of nitrogens with zero attached hydrogens (tertiary/aromatic N) is 3. The molecule has 2 aromatic carbocycles. The van der Waals surface area contributed by atoms with Gasteiger partial charge in [-0.1, -0.05) is 6.07 Å². The third-order valence-electron chi connectivity index (χ3n) is 3.69. The molecule has 146 valence electrons. The molecule has 3 aromatic rings. The molecule has 1 aromatic heterocycles. The maximum absolute atomic E-state index is 13.8. The first-order valence-electron chi connectivity index (χ1n) is 7.75. The molecule has 0 spiro atoms. The molecule has 28 heavy (non-hydrogen) atoms. The van der Waals surface area contributed by atoms with Crippen molar-refractivity contribution in [3.05, 3.63) is 59.7 Å². The van der Waals surface area contributed by atoms with Crippen LogP contribution in [-0.2, 0) is 10.0 Å². The first-order chi connectivity index (χ1) is 13.2. The van der Waals surface area contributed by atoms with Gasteiger partial charge >= 0.3 is 0 Å². The van der Waals surface area contributed by atoms with Crippen LogP contribution in [-0.4, -0.2) is 36.1 Å². The summed E-state index contributed by atoms with van der Waals surface area (Å²) in [5.74, 6) is -3.74. The number of carbonyl (C=O) groups excluding carboxylic acids is 1. The summed E-state index contributed by atoms with van der Waals surface area (Å²) in [6.07, 6.45) is 0. The van der Waals surface area contributed by atoms with Crippen LogP contribution in [0.1, 0.15) is 10.4 Å². The molecule has 3 rings (SSSR count). The highest BCUT2D eigenvalue weighted by molar-refractivity contribution is 7.89. The zero-order valence-corrected chi connectivity index (χ0v) is 15.2. The number of nitrogen functional groups attached to an aromatic ring is 1. The van der Waals surface area contributed by atoms with Gasteiger partial charge in [0, 0.05) is 5.69 Å². The first-order valence-corrected chi connectivity index (χ1v) is 9.23. The van der Waals surface area contributed by atoms with E-state index in [-0.39, 0.29) is 16.8 Å². The quantitative estimate of drug-likeness (QED) is 0.582. The van der Waals surface area contributed by atoms with Gasteiger partial charge in [0.2, 0.25) is 21.9 Å². The van der Waals surface area contributed by atoms with Crippen molar-refractivity contribution in [2.75, 3.05) is 18.1 Å².